The highest BCUT2D eigenvalue weighted by atomic mass is 35.5. The van der Waals surface area contributed by atoms with Crippen LogP contribution in [-0.4, -0.2) is 18.0 Å². The summed E-state index contributed by atoms with van der Waals surface area (Å²) in [6, 6.07) is 3.58. The zero-order valence-corrected chi connectivity index (χ0v) is 14.1. The first-order chi connectivity index (χ1) is 9.97. The Balaban J connectivity index is 2.31. The van der Waals surface area contributed by atoms with Crippen molar-refractivity contribution in [2.45, 2.75) is 51.5 Å². The molecule has 21 heavy (non-hydrogen) atoms. The van der Waals surface area contributed by atoms with Gasteiger partial charge in [-0.15, -0.1) is 0 Å². The van der Waals surface area contributed by atoms with Crippen LogP contribution in [0.15, 0.2) is 12.1 Å². The number of halogens is 2. The minimum absolute atomic E-state index is 0.0247. The van der Waals surface area contributed by atoms with Crippen LogP contribution >= 0.6 is 23.2 Å². The van der Waals surface area contributed by atoms with Crippen LogP contribution < -0.4 is 10.6 Å². The molecule has 2 rings (SSSR count). The van der Waals surface area contributed by atoms with Crippen molar-refractivity contribution in [3.05, 3.63) is 27.7 Å². The molecular formula is C16H22Cl2N2O. The standard InChI is InChI=1S/C16H22Cl2N2O/c1-3-10-19-15(21)13-12(7-6-11(17)14(13)18)20-16(2)8-4-5-9-16/h6-7,20H,3-5,8-10H2,1-2H3,(H,19,21). The van der Waals surface area contributed by atoms with Gasteiger partial charge in [-0.2, -0.15) is 0 Å². The normalized spacial score (nSPS) is 16.8. The molecule has 2 N–H and O–H groups in total. The Morgan fingerprint density at radius 3 is 2.57 bits per heavy atom. The minimum atomic E-state index is -0.173. The monoisotopic (exact) mass is 328 g/mol. The van der Waals surface area contributed by atoms with Gasteiger partial charge in [0.15, 0.2) is 0 Å². The second-order valence-corrected chi connectivity index (χ2v) is 6.72. The van der Waals surface area contributed by atoms with E-state index in [-0.39, 0.29) is 11.4 Å². The molecule has 0 aromatic heterocycles. The minimum Gasteiger partial charge on any atom is -0.379 e. The Labute approximate surface area is 136 Å². The Kier molecular flexibility index (Phi) is 5.39. The Morgan fingerprint density at radius 2 is 1.95 bits per heavy atom. The van der Waals surface area contributed by atoms with E-state index in [9.17, 15) is 4.79 Å². The first-order valence-corrected chi connectivity index (χ1v) is 8.27. The Hall–Kier alpha value is -0.930. The molecule has 1 fully saturated rings. The van der Waals surface area contributed by atoms with Crippen LogP contribution in [0.5, 0.6) is 0 Å². The predicted molar refractivity (Wildman–Crippen MR) is 89.6 cm³/mol. The van der Waals surface area contributed by atoms with Gasteiger partial charge in [0.1, 0.15) is 0 Å². The van der Waals surface area contributed by atoms with E-state index in [2.05, 4.69) is 17.6 Å². The van der Waals surface area contributed by atoms with Crippen LogP contribution in [0.1, 0.15) is 56.3 Å². The van der Waals surface area contributed by atoms with Crippen molar-refractivity contribution >= 4 is 34.8 Å². The maximum Gasteiger partial charge on any atom is 0.254 e. The third-order valence-corrected chi connectivity index (χ3v) is 4.81. The molecule has 0 aliphatic heterocycles. The lowest BCUT2D eigenvalue weighted by Crippen LogP contribution is -2.33. The molecule has 0 radical (unpaired) electrons. The van der Waals surface area contributed by atoms with Crippen molar-refractivity contribution in [1.29, 1.82) is 0 Å². The first-order valence-electron chi connectivity index (χ1n) is 7.51. The van der Waals surface area contributed by atoms with E-state index in [1.807, 2.05) is 13.0 Å². The Bertz CT molecular complexity index is 525. The summed E-state index contributed by atoms with van der Waals surface area (Å²) in [6.07, 6.45) is 5.50. The topological polar surface area (TPSA) is 41.1 Å². The van der Waals surface area contributed by atoms with Gasteiger partial charge in [-0.25, -0.2) is 0 Å². The summed E-state index contributed by atoms with van der Waals surface area (Å²) in [7, 11) is 0. The van der Waals surface area contributed by atoms with Gasteiger partial charge < -0.3 is 10.6 Å². The van der Waals surface area contributed by atoms with Gasteiger partial charge in [-0.1, -0.05) is 43.0 Å². The van der Waals surface area contributed by atoms with Gasteiger partial charge in [0.25, 0.3) is 5.91 Å². The molecule has 3 nitrogen and oxygen atoms in total. The highest BCUT2D eigenvalue weighted by Gasteiger charge is 2.30. The number of carbonyl (C=O) groups excluding carboxylic acids is 1. The number of hydrogen-bond acceptors (Lipinski definition) is 2. The average Bonchev–Trinajstić information content (AvgIpc) is 2.87. The van der Waals surface area contributed by atoms with Crippen molar-refractivity contribution < 1.29 is 4.79 Å². The second kappa shape index (κ2) is 6.89. The zero-order valence-electron chi connectivity index (χ0n) is 12.6. The number of anilines is 1. The number of hydrogen-bond donors (Lipinski definition) is 2. The fraction of sp³-hybridized carbons (Fsp3) is 0.562. The van der Waals surface area contributed by atoms with Gasteiger partial charge in [-0.05, 0) is 38.3 Å². The predicted octanol–water partition coefficient (Wildman–Crippen LogP) is 4.88. The fourth-order valence-electron chi connectivity index (χ4n) is 2.81. The summed E-state index contributed by atoms with van der Waals surface area (Å²) in [5.74, 6) is -0.173. The summed E-state index contributed by atoms with van der Waals surface area (Å²) >= 11 is 12.3. The number of amides is 1. The third-order valence-electron chi connectivity index (χ3n) is 4.00. The molecular weight excluding hydrogens is 307 g/mol. The molecule has 0 spiro atoms. The lowest BCUT2D eigenvalue weighted by Gasteiger charge is -2.28. The molecule has 5 heteroatoms. The Morgan fingerprint density at radius 1 is 1.29 bits per heavy atom. The molecule has 1 amide bonds. The van der Waals surface area contributed by atoms with Crippen LogP contribution in [0.25, 0.3) is 0 Å². The van der Waals surface area contributed by atoms with Gasteiger partial charge >= 0.3 is 0 Å². The molecule has 0 atom stereocenters. The smallest absolute Gasteiger partial charge is 0.254 e. The van der Waals surface area contributed by atoms with Crippen molar-refractivity contribution in [2.24, 2.45) is 0 Å². The number of carbonyl (C=O) groups is 1. The van der Waals surface area contributed by atoms with E-state index in [0.29, 0.717) is 22.2 Å². The molecule has 1 aliphatic carbocycles. The second-order valence-electron chi connectivity index (χ2n) is 5.93. The van der Waals surface area contributed by atoms with E-state index >= 15 is 0 Å². The quantitative estimate of drug-likeness (QED) is 0.808. The van der Waals surface area contributed by atoms with Gasteiger partial charge in [0.2, 0.25) is 0 Å². The molecule has 0 unspecified atom stereocenters. The summed E-state index contributed by atoms with van der Waals surface area (Å²) in [6.45, 7) is 4.83. The summed E-state index contributed by atoms with van der Waals surface area (Å²) in [5.41, 5.74) is 1.24. The molecule has 0 saturated heterocycles. The van der Waals surface area contributed by atoms with E-state index in [1.165, 1.54) is 12.8 Å². The summed E-state index contributed by atoms with van der Waals surface area (Å²) < 4.78 is 0. The molecule has 1 saturated carbocycles. The molecule has 1 aromatic rings. The van der Waals surface area contributed by atoms with Crippen LogP contribution in [0.4, 0.5) is 5.69 Å². The highest BCUT2D eigenvalue weighted by molar-refractivity contribution is 6.44. The van der Waals surface area contributed by atoms with E-state index < -0.39 is 0 Å². The molecule has 1 aliphatic rings. The maximum atomic E-state index is 12.4. The molecule has 0 bridgehead atoms. The lowest BCUT2D eigenvalue weighted by molar-refractivity contribution is 0.0954. The van der Waals surface area contributed by atoms with Crippen molar-refractivity contribution in [3.63, 3.8) is 0 Å². The zero-order chi connectivity index (χ0) is 15.5. The number of rotatable bonds is 5. The maximum absolute atomic E-state index is 12.4. The summed E-state index contributed by atoms with van der Waals surface area (Å²) in [4.78, 5) is 12.4. The van der Waals surface area contributed by atoms with E-state index in [4.69, 9.17) is 23.2 Å². The van der Waals surface area contributed by atoms with Gasteiger partial charge in [0, 0.05) is 17.8 Å². The molecule has 116 valence electrons. The summed E-state index contributed by atoms with van der Waals surface area (Å²) in [5, 5.41) is 7.10. The largest absolute Gasteiger partial charge is 0.379 e. The van der Waals surface area contributed by atoms with Gasteiger partial charge in [0.05, 0.1) is 15.6 Å². The van der Waals surface area contributed by atoms with Crippen molar-refractivity contribution in [1.82, 2.24) is 5.32 Å². The number of benzene rings is 1. The average molecular weight is 329 g/mol. The van der Waals surface area contributed by atoms with Crippen LogP contribution in [0.2, 0.25) is 10.0 Å². The van der Waals surface area contributed by atoms with Crippen LogP contribution in [0, 0.1) is 0 Å². The number of nitrogens with one attached hydrogen (secondary N) is 2. The van der Waals surface area contributed by atoms with Crippen LogP contribution in [-0.2, 0) is 0 Å². The van der Waals surface area contributed by atoms with Gasteiger partial charge in [-0.3, -0.25) is 4.79 Å². The molecule has 1 aromatic carbocycles. The lowest BCUT2D eigenvalue weighted by atomic mass is 9.99. The van der Waals surface area contributed by atoms with Crippen molar-refractivity contribution in [3.8, 4) is 0 Å². The van der Waals surface area contributed by atoms with E-state index in [0.717, 1.165) is 24.9 Å². The molecule has 0 heterocycles. The van der Waals surface area contributed by atoms with Crippen molar-refractivity contribution in [2.75, 3.05) is 11.9 Å². The fourth-order valence-corrected chi connectivity index (χ4v) is 3.22. The van der Waals surface area contributed by atoms with E-state index in [1.54, 1.807) is 6.07 Å². The third kappa shape index (κ3) is 3.83. The SMILES string of the molecule is CCCNC(=O)c1c(NC2(C)CCCC2)ccc(Cl)c1Cl. The first kappa shape index (κ1) is 16.4. The highest BCUT2D eigenvalue weighted by Crippen LogP contribution is 2.37. The van der Waals surface area contributed by atoms with Crippen LogP contribution in [0.3, 0.4) is 0 Å².